The van der Waals surface area contributed by atoms with Crippen molar-refractivity contribution in [1.82, 2.24) is 9.55 Å². The average molecular weight is 238 g/mol. The lowest BCUT2D eigenvalue weighted by Crippen LogP contribution is -2.32. The van der Waals surface area contributed by atoms with E-state index >= 15 is 0 Å². The van der Waals surface area contributed by atoms with Gasteiger partial charge in [0.1, 0.15) is 5.82 Å². The molecule has 16 heavy (non-hydrogen) atoms. The molecule has 0 aliphatic carbocycles. The summed E-state index contributed by atoms with van der Waals surface area (Å²) in [4.78, 5) is 4.57. The molecule has 1 aromatic carbocycles. The summed E-state index contributed by atoms with van der Waals surface area (Å²) in [5, 5.41) is 0.703. The maximum atomic E-state index is 6.12. The van der Waals surface area contributed by atoms with Crippen molar-refractivity contribution in [3.05, 3.63) is 29.0 Å². The van der Waals surface area contributed by atoms with Crippen LogP contribution in [-0.2, 0) is 12.1 Å². The fourth-order valence-electron chi connectivity index (χ4n) is 1.91. The van der Waals surface area contributed by atoms with Crippen LogP contribution in [0.25, 0.3) is 11.0 Å². The molecule has 0 radical (unpaired) electrons. The summed E-state index contributed by atoms with van der Waals surface area (Å²) in [6.45, 7) is 6.86. The molecule has 4 heteroatoms. The van der Waals surface area contributed by atoms with Gasteiger partial charge in [-0.05, 0) is 39.0 Å². The monoisotopic (exact) mass is 237 g/mol. The highest BCUT2D eigenvalue weighted by Gasteiger charge is 2.22. The van der Waals surface area contributed by atoms with Gasteiger partial charge in [0.05, 0.1) is 16.6 Å². The lowest BCUT2D eigenvalue weighted by atomic mass is 10.1. The van der Waals surface area contributed by atoms with E-state index in [1.807, 2.05) is 32.0 Å². The van der Waals surface area contributed by atoms with Crippen LogP contribution in [0.2, 0.25) is 5.02 Å². The molecule has 86 valence electrons. The van der Waals surface area contributed by atoms with Crippen LogP contribution in [0.3, 0.4) is 0 Å². The number of benzene rings is 1. The molecule has 1 aromatic heterocycles. The van der Waals surface area contributed by atoms with Crippen LogP contribution >= 0.6 is 11.6 Å². The predicted molar refractivity (Wildman–Crippen MR) is 67.6 cm³/mol. The molecule has 0 saturated carbocycles. The van der Waals surface area contributed by atoms with Gasteiger partial charge >= 0.3 is 0 Å². The lowest BCUT2D eigenvalue weighted by Gasteiger charge is -2.19. The van der Waals surface area contributed by atoms with Crippen molar-refractivity contribution in [2.24, 2.45) is 5.73 Å². The van der Waals surface area contributed by atoms with Gasteiger partial charge in [-0.1, -0.05) is 11.6 Å². The second-order valence-electron chi connectivity index (χ2n) is 4.53. The van der Waals surface area contributed by atoms with Gasteiger partial charge in [-0.15, -0.1) is 0 Å². The summed E-state index contributed by atoms with van der Waals surface area (Å²) in [6.07, 6.45) is 0. The molecule has 0 spiro atoms. The number of aromatic nitrogens is 2. The SMILES string of the molecule is CCn1c(C(C)(C)N)nc2cc(Cl)ccc21. The Balaban J connectivity index is 2.76. The van der Waals surface area contributed by atoms with Crippen molar-refractivity contribution in [1.29, 1.82) is 0 Å². The number of rotatable bonds is 2. The third-order valence-corrected chi connectivity index (χ3v) is 2.84. The Hall–Kier alpha value is -1.06. The molecule has 0 amide bonds. The first-order valence-electron chi connectivity index (χ1n) is 5.38. The second kappa shape index (κ2) is 3.75. The number of nitrogens with zero attached hydrogens (tertiary/aromatic N) is 2. The van der Waals surface area contributed by atoms with Crippen LogP contribution in [-0.4, -0.2) is 9.55 Å². The van der Waals surface area contributed by atoms with E-state index in [1.54, 1.807) is 0 Å². The van der Waals surface area contributed by atoms with E-state index in [0.717, 1.165) is 23.4 Å². The van der Waals surface area contributed by atoms with E-state index in [1.165, 1.54) is 0 Å². The number of fused-ring (bicyclic) bond motifs is 1. The normalized spacial score (nSPS) is 12.3. The largest absolute Gasteiger partial charge is 0.327 e. The van der Waals surface area contributed by atoms with Gasteiger partial charge in [0, 0.05) is 11.6 Å². The van der Waals surface area contributed by atoms with Crippen LogP contribution in [0.5, 0.6) is 0 Å². The fraction of sp³-hybridized carbons (Fsp3) is 0.417. The Bertz CT molecular complexity index is 523. The lowest BCUT2D eigenvalue weighted by molar-refractivity contribution is 0.485. The maximum absolute atomic E-state index is 6.12. The van der Waals surface area contributed by atoms with E-state index in [-0.39, 0.29) is 0 Å². The molecule has 3 nitrogen and oxygen atoms in total. The highest BCUT2D eigenvalue weighted by atomic mass is 35.5. The summed E-state index contributed by atoms with van der Waals surface area (Å²) in [5.41, 5.74) is 7.66. The third kappa shape index (κ3) is 1.81. The Morgan fingerprint density at radius 2 is 2.12 bits per heavy atom. The highest BCUT2D eigenvalue weighted by Crippen LogP contribution is 2.25. The summed E-state index contributed by atoms with van der Waals surface area (Å²) in [6, 6.07) is 5.74. The number of aryl methyl sites for hydroxylation is 1. The highest BCUT2D eigenvalue weighted by molar-refractivity contribution is 6.31. The van der Waals surface area contributed by atoms with Gasteiger partial charge < -0.3 is 10.3 Å². The van der Waals surface area contributed by atoms with Crippen molar-refractivity contribution in [3.8, 4) is 0 Å². The quantitative estimate of drug-likeness (QED) is 0.873. The molecule has 0 bridgehead atoms. The minimum absolute atomic E-state index is 0.443. The molecule has 1 heterocycles. The van der Waals surface area contributed by atoms with Crippen molar-refractivity contribution in [2.45, 2.75) is 32.9 Å². The summed E-state index contributed by atoms with van der Waals surface area (Å²) >= 11 is 5.96. The minimum atomic E-state index is -0.443. The Morgan fingerprint density at radius 1 is 1.44 bits per heavy atom. The van der Waals surface area contributed by atoms with Crippen molar-refractivity contribution in [2.75, 3.05) is 0 Å². The number of imidazole rings is 1. The summed E-state index contributed by atoms with van der Waals surface area (Å²) < 4.78 is 2.13. The smallest absolute Gasteiger partial charge is 0.129 e. The maximum Gasteiger partial charge on any atom is 0.129 e. The third-order valence-electron chi connectivity index (χ3n) is 2.60. The predicted octanol–water partition coefficient (Wildman–Crippen LogP) is 2.90. The number of hydrogen-bond donors (Lipinski definition) is 1. The van der Waals surface area contributed by atoms with E-state index in [4.69, 9.17) is 17.3 Å². The van der Waals surface area contributed by atoms with Crippen LogP contribution in [0, 0.1) is 0 Å². The van der Waals surface area contributed by atoms with Crippen LogP contribution in [0.15, 0.2) is 18.2 Å². The minimum Gasteiger partial charge on any atom is -0.327 e. The molecule has 2 aromatic rings. The molecule has 2 N–H and O–H groups in total. The van der Waals surface area contributed by atoms with Gasteiger partial charge in [-0.3, -0.25) is 0 Å². The van der Waals surface area contributed by atoms with E-state index in [0.29, 0.717) is 5.02 Å². The first-order valence-corrected chi connectivity index (χ1v) is 5.76. The molecular formula is C12H16ClN3. The van der Waals surface area contributed by atoms with E-state index < -0.39 is 5.54 Å². The molecule has 0 unspecified atom stereocenters. The van der Waals surface area contributed by atoms with Crippen molar-refractivity contribution in [3.63, 3.8) is 0 Å². The molecule has 2 rings (SSSR count). The van der Waals surface area contributed by atoms with Gasteiger partial charge in [-0.25, -0.2) is 4.98 Å². The Kier molecular flexibility index (Phi) is 2.68. The molecule has 0 aliphatic heterocycles. The fourth-order valence-corrected chi connectivity index (χ4v) is 2.08. The number of hydrogen-bond acceptors (Lipinski definition) is 2. The van der Waals surface area contributed by atoms with Crippen molar-refractivity contribution >= 4 is 22.6 Å². The zero-order valence-electron chi connectivity index (χ0n) is 9.79. The Morgan fingerprint density at radius 3 is 2.69 bits per heavy atom. The Labute approximate surface area is 100 Å². The topological polar surface area (TPSA) is 43.8 Å². The first kappa shape index (κ1) is 11.4. The second-order valence-corrected chi connectivity index (χ2v) is 4.97. The van der Waals surface area contributed by atoms with E-state index in [9.17, 15) is 0 Å². The molecule has 0 saturated heterocycles. The molecule has 0 atom stereocenters. The molecule has 0 fully saturated rings. The van der Waals surface area contributed by atoms with Gasteiger partial charge in [0.2, 0.25) is 0 Å². The van der Waals surface area contributed by atoms with Gasteiger partial charge in [0.15, 0.2) is 0 Å². The molecule has 0 aliphatic rings. The van der Waals surface area contributed by atoms with Crippen LogP contribution < -0.4 is 5.73 Å². The van der Waals surface area contributed by atoms with Gasteiger partial charge in [-0.2, -0.15) is 0 Å². The zero-order valence-corrected chi connectivity index (χ0v) is 10.5. The summed E-state index contributed by atoms with van der Waals surface area (Å²) in [5.74, 6) is 0.896. The average Bonchev–Trinajstić information content (AvgIpc) is 2.54. The van der Waals surface area contributed by atoms with Crippen molar-refractivity contribution < 1.29 is 0 Å². The summed E-state index contributed by atoms with van der Waals surface area (Å²) in [7, 11) is 0. The number of halogens is 1. The standard InChI is InChI=1S/C12H16ClN3/c1-4-16-10-6-5-8(13)7-9(10)15-11(16)12(2,3)14/h5-7H,4,14H2,1-3H3. The van der Waals surface area contributed by atoms with Gasteiger partial charge in [0.25, 0.3) is 0 Å². The van der Waals surface area contributed by atoms with E-state index in [2.05, 4.69) is 16.5 Å². The van der Waals surface area contributed by atoms with Crippen LogP contribution in [0.4, 0.5) is 0 Å². The zero-order chi connectivity index (χ0) is 11.9. The molecular weight excluding hydrogens is 222 g/mol. The van der Waals surface area contributed by atoms with Crippen LogP contribution in [0.1, 0.15) is 26.6 Å². The number of nitrogens with two attached hydrogens (primary N) is 1. The first-order chi connectivity index (χ1) is 7.43.